The Balaban J connectivity index is 1.20. The summed E-state index contributed by atoms with van der Waals surface area (Å²) in [6, 6.07) is 15.0. The topological polar surface area (TPSA) is 89.5 Å². The maximum Gasteiger partial charge on any atom is 0.331 e. The number of carbonyl (C=O) groups is 2. The fraction of sp³-hybridized carbons (Fsp3) is 0.438. The zero-order valence-corrected chi connectivity index (χ0v) is 23.2. The molecule has 0 unspecified atom stereocenters. The second-order valence-electron chi connectivity index (χ2n) is 9.76. The number of carbonyl (C=O) groups excluding carboxylic acids is 2. The van der Waals surface area contributed by atoms with E-state index in [1.54, 1.807) is 12.2 Å². The molecule has 2 aliphatic heterocycles. The molecule has 2 aromatic carbocycles. The van der Waals surface area contributed by atoms with Crippen molar-refractivity contribution in [3.05, 3.63) is 71.8 Å². The van der Waals surface area contributed by atoms with Gasteiger partial charge < -0.3 is 28.4 Å². The predicted octanol–water partition coefficient (Wildman–Crippen LogP) is 5.39. The molecule has 0 amide bonds. The molecule has 8 heteroatoms. The Hall–Kier alpha value is -3.62. The zero-order chi connectivity index (χ0) is 28.2. The fourth-order valence-electron chi connectivity index (χ4n) is 4.36. The summed E-state index contributed by atoms with van der Waals surface area (Å²) in [5.74, 6) is 0.610. The SMILES string of the molecule is CCCCOc1ccc(/C=C/C(=O)O[C@@H]2CO[C@@H]3[C@H]2OC[C@H]3OC(=O)/C=C/c2ccc(OCCCC)cc2)cc1. The first-order valence-electron chi connectivity index (χ1n) is 14.0. The van der Waals surface area contributed by atoms with E-state index >= 15 is 0 Å². The second-order valence-corrected chi connectivity index (χ2v) is 9.76. The lowest BCUT2D eigenvalue weighted by Crippen LogP contribution is -2.35. The molecule has 0 aliphatic carbocycles. The highest BCUT2D eigenvalue weighted by Crippen LogP contribution is 2.31. The van der Waals surface area contributed by atoms with Gasteiger partial charge in [0.25, 0.3) is 0 Å². The number of rotatable bonds is 14. The zero-order valence-electron chi connectivity index (χ0n) is 23.2. The molecule has 2 saturated heterocycles. The fourth-order valence-corrected chi connectivity index (χ4v) is 4.36. The first-order valence-corrected chi connectivity index (χ1v) is 14.0. The van der Waals surface area contributed by atoms with Crippen molar-refractivity contribution >= 4 is 24.1 Å². The van der Waals surface area contributed by atoms with Gasteiger partial charge in [-0.05, 0) is 60.4 Å². The van der Waals surface area contributed by atoms with Gasteiger partial charge in [-0.2, -0.15) is 0 Å². The number of unbranched alkanes of at least 4 members (excludes halogenated alkanes) is 2. The Labute approximate surface area is 235 Å². The summed E-state index contributed by atoms with van der Waals surface area (Å²) in [5, 5.41) is 0. The third-order valence-electron chi connectivity index (χ3n) is 6.61. The summed E-state index contributed by atoms with van der Waals surface area (Å²) in [5.41, 5.74) is 1.71. The van der Waals surface area contributed by atoms with Gasteiger partial charge in [-0.15, -0.1) is 0 Å². The predicted molar refractivity (Wildman–Crippen MR) is 151 cm³/mol. The van der Waals surface area contributed by atoms with Crippen LogP contribution in [0.25, 0.3) is 12.2 Å². The van der Waals surface area contributed by atoms with Crippen molar-refractivity contribution in [3.8, 4) is 11.5 Å². The average molecular weight is 551 g/mol. The van der Waals surface area contributed by atoms with Gasteiger partial charge in [-0.1, -0.05) is 51.0 Å². The lowest BCUT2D eigenvalue weighted by molar-refractivity contribution is -0.149. The van der Waals surface area contributed by atoms with Crippen molar-refractivity contribution in [2.45, 2.75) is 63.9 Å². The molecule has 0 aromatic heterocycles. The van der Waals surface area contributed by atoms with Crippen LogP contribution in [0.2, 0.25) is 0 Å². The Morgan fingerprint density at radius 1 is 0.700 bits per heavy atom. The van der Waals surface area contributed by atoms with Crippen LogP contribution in [0.1, 0.15) is 50.7 Å². The molecule has 214 valence electrons. The standard InChI is InChI=1S/C32H38O8/c1-3-5-19-35-25-13-7-23(8-14-25)11-17-29(33)39-27-21-37-32-28(22-38-31(27)32)40-30(34)18-12-24-9-15-26(16-10-24)36-20-6-4-2/h7-18,27-28,31-32H,3-6,19-22H2,1-2H3/b17-11+,18-12+/t27-,28-,31+,32+/m1/s1. The van der Waals surface area contributed by atoms with E-state index in [2.05, 4.69) is 13.8 Å². The third-order valence-corrected chi connectivity index (χ3v) is 6.61. The van der Waals surface area contributed by atoms with E-state index in [-0.39, 0.29) is 13.2 Å². The lowest BCUT2D eigenvalue weighted by atomic mass is 10.1. The summed E-state index contributed by atoms with van der Waals surface area (Å²) in [6.45, 7) is 5.96. The molecule has 2 heterocycles. The van der Waals surface area contributed by atoms with E-state index in [1.807, 2.05) is 48.5 Å². The van der Waals surface area contributed by atoms with Gasteiger partial charge in [0.1, 0.15) is 23.7 Å². The molecule has 0 saturated carbocycles. The first kappa shape index (κ1) is 29.4. The minimum atomic E-state index is -0.575. The Morgan fingerprint density at radius 3 is 1.48 bits per heavy atom. The molecule has 0 radical (unpaired) electrons. The summed E-state index contributed by atoms with van der Waals surface area (Å²) in [4.78, 5) is 24.8. The number of hydrogen-bond acceptors (Lipinski definition) is 8. The molecule has 2 aliphatic rings. The van der Waals surface area contributed by atoms with E-state index in [1.165, 1.54) is 12.2 Å². The van der Waals surface area contributed by atoms with E-state index in [9.17, 15) is 9.59 Å². The largest absolute Gasteiger partial charge is 0.494 e. The first-order chi connectivity index (χ1) is 19.6. The van der Waals surface area contributed by atoms with Gasteiger partial charge in [0.05, 0.1) is 26.4 Å². The Kier molecular flexibility index (Phi) is 11.2. The lowest BCUT2D eigenvalue weighted by Gasteiger charge is -2.16. The van der Waals surface area contributed by atoms with E-state index in [0.29, 0.717) is 13.2 Å². The van der Waals surface area contributed by atoms with Crippen molar-refractivity contribution in [1.29, 1.82) is 0 Å². The molecule has 8 nitrogen and oxygen atoms in total. The number of benzene rings is 2. The van der Waals surface area contributed by atoms with E-state index in [4.69, 9.17) is 28.4 Å². The minimum absolute atomic E-state index is 0.176. The Morgan fingerprint density at radius 2 is 1.10 bits per heavy atom. The van der Waals surface area contributed by atoms with Crippen LogP contribution in [0.15, 0.2) is 60.7 Å². The van der Waals surface area contributed by atoms with Crippen LogP contribution >= 0.6 is 0 Å². The highest BCUT2D eigenvalue weighted by molar-refractivity contribution is 5.87. The normalized spacial score (nSPS) is 21.9. The van der Waals surface area contributed by atoms with Crippen LogP contribution in [0.5, 0.6) is 11.5 Å². The molecular weight excluding hydrogens is 512 g/mol. The molecule has 0 N–H and O–H groups in total. The van der Waals surface area contributed by atoms with Crippen LogP contribution in [0.3, 0.4) is 0 Å². The van der Waals surface area contributed by atoms with Crippen LogP contribution in [0, 0.1) is 0 Å². The smallest absolute Gasteiger partial charge is 0.331 e. The number of esters is 2. The van der Waals surface area contributed by atoms with Crippen molar-refractivity contribution in [2.75, 3.05) is 26.4 Å². The molecule has 2 aromatic rings. The Bertz CT molecular complexity index is 1050. The van der Waals surface area contributed by atoms with Gasteiger partial charge in [0, 0.05) is 12.2 Å². The molecule has 4 rings (SSSR count). The number of hydrogen-bond donors (Lipinski definition) is 0. The second kappa shape index (κ2) is 15.2. The number of fused-ring (bicyclic) bond motifs is 1. The summed E-state index contributed by atoms with van der Waals surface area (Å²) < 4.78 is 34.0. The summed E-state index contributed by atoms with van der Waals surface area (Å²) in [7, 11) is 0. The highest BCUT2D eigenvalue weighted by atomic mass is 16.7. The van der Waals surface area contributed by atoms with Crippen LogP contribution in [-0.2, 0) is 28.5 Å². The van der Waals surface area contributed by atoms with Gasteiger partial charge in [0.2, 0.25) is 0 Å². The van der Waals surface area contributed by atoms with Gasteiger partial charge in [-0.25, -0.2) is 9.59 Å². The van der Waals surface area contributed by atoms with Crippen LogP contribution in [-0.4, -0.2) is 62.8 Å². The van der Waals surface area contributed by atoms with E-state index < -0.39 is 36.4 Å². The van der Waals surface area contributed by atoms with E-state index in [0.717, 1.165) is 48.3 Å². The van der Waals surface area contributed by atoms with Gasteiger partial charge in [-0.3, -0.25) is 0 Å². The maximum absolute atomic E-state index is 12.4. The molecular formula is C32H38O8. The van der Waals surface area contributed by atoms with Crippen molar-refractivity contribution in [3.63, 3.8) is 0 Å². The molecule has 0 bridgehead atoms. The summed E-state index contributed by atoms with van der Waals surface area (Å²) in [6.07, 6.45) is 8.18. The van der Waals surface area contributed by atoms with Crippen LogP contribution < -0.4 is 9.47 Å². The van der Waals surface area contributed by atoms with Gasteiger partial charge >= 0.3 is 11.9 Å². The highest BCUT2D eigenvalue weighted by Gasteiger charge is 2.51. The van der Waals surface area contributed by atoms with Crippen molar-refractivity contribution in [2.24, 2.45) is 0 Å². The number of ether oxygens (including phenoxy) is 6. The average Bonchev–Trinajstić information content (AvgIpc) is 3.55. The van der Waals surface area contributed by atoms with Crippen molar-refractivity contribution in [1.82, 2.24) is 0 Å². The van der Waals surface area contributed by atoms with Crippen molar-refractivity contribution < 1.29 is 38.0 Å². The van der Waals surface area contributed by atoms with Gasteiger partial charge in [0.15, 0.2) is 12.2 Å². The molecule has 40 heavy (non-hydrogen) atoms. The molecule has 2 fully saturated rings. The summed E-state index contributed by atoms with van der Waals surface area (Å²) >= 11 is 0. The monoisotopic (exact) mass is 550 g/mol. The van der Waals surface area contributed by atoms with Crippen LogP contribution in [0.4, 0.5) is 0 Å². The minimum Gasteiger partial charge on any atom is -0.494 e. The molecule has 4 atom stereocenters. The molecule has 0 spiro atoms. The quantitative estimate of drug-likeness (QED) is 0.176. The maximum atomic E-state index is 12.4. The third kappa shape index (κ3) is 8.69.